The number of hydrogen-bond acceptors (Lipinski definition) is 2. The predicted molar refractivity (Wildman–Crippen MR) is 53.3 cm³/mol. The van der Waals surface area contributed by atoms with Gasteiger partial charge >= 0.3 is 0 Å². The lowest BCUT2D eigenvalue weighted by Gasteiger charge is -1.99. The van der Waals surface area contributed by atoms with Gasteiger partial charge in [-0.2, -0.15) is 5.10 Å². The molecule has 0 bridgehead atoms. The quantitative estimate of drug-likeness (QED) is 0.599. The molecule has 1 aromatic carbocycles. The lowest BCUT2D eigenvalue weighted by atomic mass is 10.3. The molecule has 0 aliphatic heterocycles. The van der Waals surface area contributed by atoms with Crippen LogP contribution < -0.4 is 5.56 Å². The highest BCUT2D eigenvalue weighted by Crippen LogP contribution is 2.12. The molecule has 0 atom stereocenters. The van der Waals surface area contributed by atoms with E-state index in [1.165, 1.54) is 4.52 Å². The van der Waals surface area contributed by atoms with Crippen LogP contribution in [0.25, 0.3) is 16.6 Å². The van der Waals surface area contributed by atoms with Gasteiger partial charge in [-0.15, -0.1) is 0 Å². The zero-order valence-corrected chi connectivity index (χ0v) is 7.57. The van der Waals surface area contributed by atoms with E-state index in [9.17, 15) is 9.18 Å². The Bertz CT molecular complexity index is 713. The van der Waals surface area contributed by atoms with Crippen molar-refractivity contribution in [1.82, 2.24) is 14.6 Å². The predicted octanol–water partition coefficient (Wildman–Crippen LogP) is 1.31. The number of nitrogens with one attached hydrogen (secondary N) is 1. The topological polar surface area (TPSA) is 50.2 Å². The summed E-state index contributed by atoms with van der Waals surface area (Å²) < 4.78 is 14.5. The summed E-state index contributed by atoms with van der Waals surface area (Å²) in [6, 6.07) is 7.12. The summed E-state index contributed by atoms with van der Waals surface area (Å²) in [5, 5.41) is 3.83. The van der Waals surface area contributed by atoms with Gasteiger partial charge in [-0.1, -0.05) is 12.1 Å². The van der Waals surface area contributed by atoms with Gasteiger partial charge in [-0.3, -0.25) is 4.79 Å². The number of aromatic amines is 1. The van der Waals surface area contributed by atoms with Gasteiger partial charge in [-0.25, -0.2) is 8.91 Å². The van der Waals surface area contributed by atoms with Crippen LogP contribution in [-0.4, -0.2) is 14.6 Å². The van der Waals surface area contributed by atoms with E-state index in [0.717, 1.165) is 6.20 Å². The first kappa shape index (κ1) is 8.16. The van der Waals surface area contributed by atoms with Crippen LogP contribution >= 0.6 is 0 Å². The smallest absolute Gasteiger partial charge is 0.277 e. The number of nitrogens with zero attached hydrogens (tertiary/aromatic N) is 2. The Kier molecular flexibility index (Phi) is 1.45. The van der Waals surface area contributed by atoms with Gasteiger partial charge in [0.2, 0.25) is 0 Å². The first-order valence-electron chi connectivity index (χ1n) is 4.41. The molecule has 0 aliphatic rings. The van der Waals surface area contributed by atoms with Crippen LogP contribution in [0.15, 0.2) is 35.3 Å². The number of rotatable bonds is 0. The zero-order valence-electron chi connectivity index (χ0n) is 7.57. The summed E-state index contributed by atoms with van der Waals surface area (Å²) in [4.78, 5) is 14.1. The van der Waals surface area contributed by atoms with Crippen LogP contribution in [0.3, 0.4) is 0 Å². The maximum absolute atomic E-state index is 13.2. The monoisotopic (exact) mass is 203 g/mol. The van der Waals surface area contributed by atoms with Gasteiger partial charge < -0.3 is 4.98 Å². The minimum atomic E-state index is -0.609. The van der Waals surface area contributed by atoms with E-state index in [2.05, 4.69) is 10.1 Å². The van der Waals surface area contributed by atoms with Gasteiger partial charge in [0.1, 0.15) is 0 Å². The highest BCUT2D eigenvalue weighted by atomic mass is 19.1. The molecule has 74 valence electrons. The van der Waals surface area contributed by atoms with Crippen LogP contribution in [0.1, 0.15) is 0 Å². The maximum atomic E-state index is 13.2. The first-order chi connectivity index (χ1) is 7.27. The lowest BCUT2D eigenvalue weighted by molar-refractivity contribution is 0.638. The number of benzene rings is 1. The van der Waals surface area contributed by atoms with Crippen LogP contribution in [-0.2, 0) is 0 Å². The van der Waals surface area contributed by atoms with E-state index in [-0.39, 0.29) is 5.52 Å². The van der Waals surface area contributed by atoms with Crippen molar-refractivity contribution in [3.63, 3.8) is 0 Å². The largest absolute Gasteiger partial charge is 0.319 e. The summed E-state index contributed by atoms with van der Waals surface area (Å²) in [6.45, 7) is 0. The number of aromatic nitrogens is 3. The molecule has 4 nitrogen and oxygen atoms in total. The molecular weight excluding hydrogens is 197 g/mol. The molecular formula is C10H6FN3O. The molecule has 0 radical (unpaired) electrons. The van der Waals surface area contributed by atoms with Gasteiger partial charge in [0, 0.05) is 0 Å². The van der Waals surface area contributed by atoms with E-state index in [4.69, 9.17) is 0 Å². The van der Waals surface area contributed by atoms with Gasteiger partial charge in [-0.05, 0) is 12.1 Å². The molecule has 0 saturated carbocycles. The Morgan fingerprint density at radius 3 is 3.00 bits per heavy atom. The maximum Gasteiger partial charge on any atom is 0.277 e. The van der Waals surface area contributed by atoms with E-state index in [1.807, 2.05) is 0 Å². The fourth-order valence-electron chi connectivity index (χ4n) is 1.66. The van der Waals surface area contributed by atoms with Crippen molar-refractivity contribution in [2.24, 2.45) is 0 Å². The Labute approximate surface area is 83.0 Å². The number of hydrogen-bond donors (Lipinski definition) is 1. The first-order valence-corrected chi connectivity index (χ1v) is 4.41. The van der Waals surface area contributed by atoms with Crippen LogP contribution in [0.5, 0.6) is 0 Å². The van der Waals surface area contributed by atoms with E-state index in [1.54, 1.807) is 24.3 Å². The Morgan fingerprint density at radius 2 is 2.13 bits per heavy atom. The number of para-hydroxylation sites is 2. The molecule has 5 heteroatoms. The normalized spacial score (nSPS) is 11.3. The van der Waals surface area contributed by atoms with E-state index >= 15 is 0 Å². The summed E-state index contributed by atoms with van der Waals surface area (Å²) in [5.74, 6) is -0.609. The average Bonchev–Trinajstić information content (AvgIpc) is 2.62. The molecule has 0 amide bonds. The highest BCUT2D eigenvalue weighted by Gasteiger charge is 2.10. The molecule has 15 heavy (non-hydrogen) atoms. The third-order valence-corrected chi connectivity index (χ3v) is 2.32. The molecule has 2 heterocycles. The van der Waals surface area contributed by atoms with Crippen molar-refractivity contribution in [3.8, 4) is 0 Å². The van der Waals surface area contributed by atoms with Crippen molar-refractivity contribution < 1.29 is 4.39 Å². The molecule has 0 spiro atoms. The molecule has 0 aliphatic carbocycles. The third-order valence-electron chi connectivity index (χ3n) is 2.32. The van der Waals surface area contributed by atoms with Crippen molar-refractivity contribution >= 4 is 16.6 Å². The van der Waals surface area contributed by atoms with Crippen LogP contribution in [0.2, 0.25) is 0 Å². The standard InChI is InChI=1S/C10H6FN3O/c11-6-5-12-14-8-4-2-1-3-7(8)13-10(15)9(6)14/h1-5H,(H,13,15). The van der Waals surface area contributed by atoms with Gasteiger partial charge in [0.25, 0.3) is 5.56 Å². The third kappa shape index (κ3) is 0.999. The fraction of sp³-hybridized carbons (Fsp3) is 0. The Morgan fingerprint density at radius 1 is 1.33 bits per heavy atom. The number of fused-ring (bicyclic) bond motifs is 3. The molecule has 0 fully saturated rings. The van der Waals surface area contributed by atoms with Crippen molar-refractivity contribution in [1.29, 1.82) is 0 Å². The summed E-state index contributed by atoms with van der Waals surface area (Å²) in [6.07, 6.45) is 1.04. The SMILES string of the molecule is O=c1[nH]c2ccccc2n2ncc(F)c12. The second kappa shape index (κ2) is 2.66. The fourth-order valence-corrected chi connectivity index (χ4v) is 1.66. The Balaban J connectivity index is 2.71. The second-order valence-corrected chi connectivity index (χ2v) is 3.22. The zero-order chi connectivity index (χ0) is 10.4. The summed E-state index contributed by atoms with van der Waals surface area (Å²) >= 11 is 0. The average molecular weight is 203 g/mol. The summed E-state index contributed by atoms with van der Waals surface area (Å²) in [7, 11) is 0. The van der Waals surface area contributed by atoms with E-state index < -0.39 is 11.4 Å². The van der Waals surface area contributed by atoms with Crippen molar-refractivity contribution in [2.75, 3.05) is 0 Å². The van der Waals surface area contributed by atoms with E-state index in [0.29, 0.717) is 11.0 Å². The minimum Gasteiger partial charge on any atom is -0.319 e. The highest BCUT2D eigenvalue weighted by molar-refractivity contribution is 5.77. The van der Waals surface area contributed by atoms with Crippen molar-refractivity contribution in [3.05, 3.63) is 46.6 Å². The minimum absolute atomic E-state index is 0.0475. The molecule has 0 unspecified atom stereocenters. The molecule has 3 aromatic rings. The molecule has 1 N–H and O–H groups in total. The molecule has 0 saturated heterocycles. The number of H-pyrrole nitrogens is 1. The number of halogens is 1. The van der Waals surface area contributed by atoms with Gasteiger partial charge in [0.05, 0.1) is 17.2 Å². The van der Waals surface area contributed by atoms with Crippen molar-refractivity contribution in [2.45, 2.75) is 0 Å². The van der Waals surface area contributed by atoms with Crippen LogP contribution in [0.4, 0.5) is 4.39 Å². The van der Waals surface area contributed by atoms with Gasteiger partial charge in [0.15, 0.2) is 11.3 Å². The molecule has 3 rings (SSSR count). The summed E-state index contributed by atoms with van der Waals surface area (Å²) in [5.41, 5.74) is 0.798. The molecule has 2 aromatic heterocycles. The second-order valence-electron chi connectivity index (χ2n) is 3.22. The lowest BCUT2D eigenvalue weighted by Crippen LogP contribution is -2.11. The van der Waals surface area contributed by atoms with Crippen LogP contribution in [0, 0.1) is 5.82 Å². The Hall–Kier alpha value is -2.17.